The normalized spacial score (nSPS) is 10.1. The zero-order chi connectivity index (χ0) is 13.5. The Morgan fingerprint density at radius 3 is 2.79 bits per heavy atom. The molecule has 4 heteroatoms. The second-order valence-electron chi connectivity index (χ2n) is 4.08. The van der Waals surface area contributed by atoms with Crippen molar-refractivity contribution < 1.29 is 4.74 Å². The van der Waals surface area contributed by atoms with Crippen LogP contribution in [0.5, 0.6) is 5.75 Å². The van der Waals surface area contributed by atoms with Crippen LogP contribution >= 0.6 is 11.3 Å². The molecule has 0 aliphatic rings. The van der Waals surface area contributed by atoms with E-state index in [0.717, 1.165) is 34.2 Å². The average Bonchev–Trinajstić information content (AvgIpc) is 2.83. The Bertz CT molecular complexity index is 557. The van der Waals surface area contributed by atoms with Gasteiger partial charge in [-0.2, -0.15) is 5.26 Å². The SMILES string of the molecule is CCc1nc(CCOc2ccccc2)sc1CC#N. The summed E-state index contributed by atoms with van der Waals surface area (Å²) < 4.78 is 5.65. The molecule has 0 aliphatic carbocycles. The lowest BCUT2D eigenvalue weighted by Gasteiger charge is -2.03. The van der Waals surface area contributed by atoms with E-state index in [0.29, 0.717) is 13.0 Å². The molecule has 0 radical (unpaired) electrons. The van der Waals surface area contributed by atoms with Crippen LogP contribution in [-0.2, 0) is 19.3 Å². The number of para-hydroxylation sites is 1. The Hall–Kier alpha value is -1.86. The Morgan fingerprint density at radius 2 is 2.11 bits per heavy atom. The third-order valence-electron chi connectivity index (χ3n) is 2.72. The summed E-state index contributed by atoms with van der Waals surface area (Å²) in [4.78, 5) is 5.66. The number of nitriles is 1. The number of hydrogen-bond acceptors (Lipinski definition) is 4. The Kier molecular flexibility index (Phi) is 4.93. The fourth-order valence-electron chi connectivity index (χ4n) is 1.80. The van der Waals surface area contributed by atoms with Gasteiger partial charge in [0.05, 0.1) is 29.8 Å². The maximum atomic E-state index is 8.78. The monoisotopic (exact) mass is 272 g/mol. The van der Waals surface area contributed by atoms with Gasteiger partial charge in [-0.1, -0.05) is 25.1 Å². The summed E-state index contributed by atoms with van der Waals surface area (Å²) in [7, 11) is 0. The van der Waals surface area contributed by atoms with Gasteiger partial charge < -0.3 is 4.74 Å². The Labute approximate surface area is 117 Å². The van der Waals surface area contributed by atoms with Crippen molar-refractivity contribution in [1.29, 1.82) is 5.26 Å². The van der Waals surface area contributed by atoms with Crippen LogP contribution in [0.2, 0.25) is 0 Å². The van der Waals surface area contributed by atoms with Crippen molar-refractivity contribution in [2.24, 2.45) is 0 Å². The number of nitrogens with zero attached hydrogens (tertiary/aromatic N) is 2. The first kappa shape index (κ1) is 13.6. The highest BCUT2D eigenvalue weighted by atomic mass is 32.1. The van der Waals surface area contributed by atoms with E-state index in [1.807, 2.05) is 30.3 Å². The highest BCUT2D eigenvalue weighted by Gasteiger charge is 2.09. The van der Waals surface area contributed by atoms with E-state index < -0.39 is 0 Å². The third-order valence-corrected chi connectivity index (χ3v) is 3.88. The van der Waals surface area contributed by atoms with E-state index in [2.05, 4.69) is 18.0 Å². The molecule has 0 amide bonds. The van der Waals surface area contributed by atoms with Crippen LogP contribution in [0.15, 0.2) is 30.3 Å². The summed E-state index contributed by atoms with van der Waals surface area (Å²) >= 11 is 1.63. The molecule has 0 fully saturated rings. The van der Waals surface area contributed by atoms with Crippen molar-refractivity contribution in [2.75, 3.05) is 6.61 Å². The van der Waals surface area contributed by atoms with Crippen molar-refractivity contribution in [3.05, 3.63) is 45.9 Å². The largest absolute Gasteiger partial charge is 0.493 e. The molecular weight excluding hydrogens is 256 g/mol. The zero-order valence-corrected chi connectivity index (χ0v) is 11.7. The van der Waals surface area contributed by atoms with Gasteiger partial charge in [0, 0.05) is 11.3 Å². The van der Waals surface area contributed by atoms with E-state index in [1.165, 1.54) is 0 Å². The molecule has 0 bridgehead atoms. The molecular formula is C15H16N2OS. The minimum absolute atomic E-state index is 0.459. The molecule has 1 aromatic heterocycles. The topological polar surface area (TPSA) is 45.9 Å². The number of aryl methyl sites for hydroxylation is 1. The fourth-order valence-corrected chi connectivity index (χ4v) is 2.87. The van der Waals surface area contributed by atoms with Crippen molar-refractivity contribution in [2.45, 2.75) is 26.2 Å². The van der Waals surface area contributed by atoms with Gasteiger partial charge in [-0.3, -0.25) is 0 Å². The van der Waals surface area contributed by atoms with Gasteiger partial charge in [0.25, 0.3) is 0 Å². The molecule has 0 aliphatic heterocycles. The van der Waals surface area contributed by atoms with Gasteiger partial charge in [0.1, 0.15) is 5.75 Å². The molecule has 2 rings (SSSR count). The van der Waals surface area contributed by atoms with Crippen LogP contribution in [0.1, 0.15) is 22.5 Å². The molecule has 1 aromatic carbocycles. The van der Waals surface area contributed by atoms with Crippen molar-refractivity contribution >= 4 is 11.3 Å². The summed E-state index contributed by atoms with van der Waals surface area (Å²) in [6.07, 6.45) is 2.13. The van der Waals surface area contributed by atoms with Crippen molar-refractivity contribution in [3.8, 4) is 11.8 Å². The number of ether oxygens (including phenoxy) is 1. The second-order valence-corrected chi connectivity index (χ2v) is 5.25. The van der Waals surface area contributed by atoms with E-state index in [9.17, 15) is 0 Å². The first-order valence-electron chi connectivity index (χ1n) is 6.35. The molecule has 2 aromatic rings. The lowest BCUT2D eigenvalue weighted by Crippen LogP contribution is -2.01. The maximum absolute atomic E-state index is 8.78. The highest BCUT2D eigenvalue weighted by Crippen LogP contribution is 2.20. The Balaban J connectivity index is 1.91. The lowest BCUT2D eigenvalue weighted by atomic mass is 10.2. The first-order chi connectivity index (χ1) is 9.33. The van der Waals surface area contributed by atoms with Crippen LogP contribution in [0.4, 0.5) is 0 Å². The smallest absolute Gasteiger partial charge is 0.119 e. The van der Waals surface area contributed by atoms with Gasteiger partial charge in [-0.05, 0) is 18.6 Å². The fraction of sp³-hybridized carbons (Fsp3) is 0.333. The van der Waals surface area contributed by atoms with Crippen LogP contribution < -0.4 is 4.74 Å². The molecule has 98 valence electrons. The van der Waals surface area contributed by atoms with Gasteiger partial charge in [0.15, 0.2) is 0 Å². The number of aromatic nitrogens is 1. The molecule has 1 heterocycles. The average molecular weight is 272 g/mol. The maximum Gasteiger partial charge on any atom is 0.119 e. The molecule has 0 saturated carbocycles. The molecule has 0 N–H and O–H groups in total. The summed E-state index contributed by atoms with van der Waals surface area (Å²) in [5.74, 6) is 0.881. The van der Waals surface area contributed by atoms with E-state index in [-0.39, 0.29) is 0 Å². The lowest BCUT2D eigenvalue weighted by molar-refractivity contribution is 0.321. The van der Waals surface area contributed by atoms with E-state index in [1.54, 1.807) is 11.3 Å². The number of hydrogen-bond donors (Lipinski definition) is 0. The van der Waals surface area contributed by atoms with Crippen molar-refractivity contribution in [3.63, 3.8) is 0 Å². The summed E-state index contributed by atoms with van der Waals surface area (Å²) in [5, 5.41) is 9.83. The van der Waals surface area contributed by atoms with Gasteiger partial charge >= 0.3 is 0 Å². The van der Waals surface area contributed by atoms with Gasteiger partial charge in [-0.15, -0.1) is 11.3 Å². The highest BCUT2D eigenvalue weighted by molar-refractivity contribution is 7.11. The molecule has 19 heavy (non-hydrogen) atoms. The van der Waals surface area contributed by atoms with Crippen LogP contribution in [0.25, 0.3) is 0 Å². The van der Waals surface area contributed by atoms with Gasteiger partial charge in [-0.25, -0.2) is 4.98 Å². The molecule has 0 unspecified atom stereocenters. The molecule has 0 saturated heterocycles. The molecule has 3 nitrogen and oxygen atoms in total. The summed E-state index contributed by atoms with van der Waals surface area (Å²) in [6.45, 7) is 2.69. The predicted molar refractivity (Wildman–Crippen MR) is 76.5 cm³/mol. The third kappa shape index (κ3) is 3.80. The standard InChI is InChI=1S/C15H16N2OS/c1-2-13-14(8-10-16)19-15(17-13)9-11-18-12-6-4-3-5-7-12/h3-7H,2,8-9,11H2,1H3. The predicted octanol–water partition coefficient (Wildman–Crippen LogP) is 3.39. The second kappa shape index (κ2) is 6.91. The van der Waals surface area contributed by atoms with Crippen LogP contribution in [0, 0.1) is 11.3 Å². The number of rotatable bonds is 6. The van der Waals surface area contributed by atoms with Gasteiger partial charge in [0.2, 0.25) is 0 Å². The van der Waals surface area contributed by atoms with Crippen LogP contribution in [0.3, 0.4) is 0 Å². The quantitative estimate of drug-likeness (QED) is 0.809. The van der Waals surface area contributed by atoms with Crippen LogP contribution in [-0.4, -0.2) is 11.6 Å². The molecule has 0 spiro atoms. The zero-order valence-electron chi connectivity index (χ0n) is 10.9. The minimum atomic E-state index is 0.459. The number of benzene rings is 1. The number of thiazole rings is 1. The summed E-state index contributed by atoms with van der Waals surface area (Å²) in [5.41, 5.74) is 1.06. The minimum Gasteiger partial charge on any atom is -0.493 e. The molecule has 0 atom stereocenters. The Morgan fingerprint density at radius 1 is 1.32 bits per heavy atom. The van der Waals surface area contributed by atoms with Crippen molar-refractivity contribution in [1.82, 2.24) is 4.98 Å². The summed E-state index contributed by atoms with van der Waals surface area (Å²) in [6, 6.07) is 12.0. The first-order valence-corrected chi connectivity index (χ1v) is 7.17. The van der Waals surface area contributed by atoms with E-state index in [4.69, 9.17) is 10.00 Å². The van der Waals surface area contributed by atoms with E-state index >= 15 is 0 Å².